The number of oxazole rings is 1. The first-order valence-corrected chi connectivity index (χ1v) is 9.76. The SMILES string of the molecule is O=C(OC(C(=O)N1CCCCC1)c1ccccc1)c1ccc(-c2cnco2)cc1. The van der Waals surface area contributed by atoms with E-state index in [2.05, 4.69) is 4.98 Å². The Morgan fingerprint density at radius 1 is 0.966 bits per heavy atom. The molecule has 0 bridgehead atoms. The van der Waals surface area contributed by atoms with Crippen LogP contribution in [0.4, 0.5) is 0 Å². The zero-order chi connectivity index (χ0) is 20.1. The predicted octanol–water partition coefficient (Wildman–Crippen LogP) is 4.25. The van der Waals surface area contributed by atoms with E-state index in [4.69, 9.17) is 9.15 Å². The van der Waals surface area contributed by atoms with Gasteiger partial charge in [0.1, 0.15) is 0 Å². The van der Waals surface area contributed by atoms with E-state index in [1.807, 2.05) is 30.3 Å². The fourth-order valence-electron chi connectivity index (χ4n) is 3.47. The van der Waals surface area contributed by atoms with Crippen LogP contribution in [0.1, 0.15) is 41.3 Å². The third kappa shape index (κ3) is 4.37. The van der Waals surface area contributed by atoms with Gasteiger partial charge in [0.15, 0.2) is 12.2 Å². The molecule has 0 spiro atoms. The van der Waals surface area contributed by atoms with Crippen molar-refractivity contribution in [1.82, 2.24) is 9.88 Å². The zero-order valence-corrected chi connectivity index (χ0v) is 16.0. The average molecular weight is 390 g/mol. The molecule has 6 nitrogen and oxygen atoms in total. The van der Waals surface area contributed by atoms with Crippen molar-refractivity contribution >= 4 is 11.9 Å². The van der Waals surface area contributed by atoms with Crippen LogP contribution in [0.25, 0.3) is 11.3 Å². The number of ether oxygens (including phenoxy) is 1. The van der Waals surface area contributed by atoms with E-state index in [0.717, 1.165) is 24.8 Å². The lowest BCUT2D eigenvalue weighted by Gasteiger charge is -2.30. The molecule has 0 saturated carbocycles. The third-order valence-corrected chi connectivity index (χ3v) is 5.06. The monoisotopic (exact) mass is 390 g/mol. The Balaban J connectivity index is 1.53. The van der Waals surface area contributed by atoms with Crippen LogP contribution in [0.5, 0.6) is 0 Å². The lowest BCUT2D eigenvalue weighted by Crippen LogP contribution is -2.40. The van der Waals surface area contributed by atoms with Crippen molar-refractivity contribution in [3.05, 3.63) is 78.3 Å². The van der Waals surface area contributed by atoms with Crippen LogP contribution in [-0.2, 0) is 9.53 Å². The standard InChI is InChI=1S/C23H22N2O4/c26-22(25-13-5-2-6-14-25)21(18-7-3-1-4-8-18)29-23(27)19-11-9-17(10-12-19)20-15-24-16-28-20/h1,3-4,7-12,15-16,21H,2,5-6,13-14H2. The second-order valence-electron chi connectivity index (χ2n) is 7.03. The molecule has 1 aliphatic heterocycles. The highest BCUT2D eigenvalue weighted by Gasteiger charge is 2.30. The fourth-order valence-corrected chi connectivity index (χ4v) is 3.47. The summed E-state index contributed by atoms with van der Waals surface area (Å²) in [6.45, 7) is 1.40. The summed E-state index contributed by atoms with van der Waals surface area (Å²) in [4.78, 5) is 31.6. The maximum absolute atomic E-state index is 13.1. The number of benzene rings is 2. The largest absolute Gasteiger partial charge is 0.444 e. The molecule has 0 N–H and O–H groups in total. The number of hydrogen-bond acceptors (Lipinski definition) is 5. The number of esters is 1. The minimum atomic E-state index is -0.948. The van der Waals surface area contributed by atoms with Gasteiger partial charge in [-0.3, -0.25) is 4.79 Å². The summed E-state index contributed by atoms with van der Waals surface area (Å²) in [7, 11) is 0. The van der Waals surface area contributed by atoms with Gasteiger partial charge >= 0.3 is 5.97 Å². The van der Waals surface area contributed by atoms with Crippen molar-refractivity contribution in [3.63, 3.8) is 0 Å². The highest BCUT2D eigenvalue weighted by atomic mass is 16.5. The first kappa shape index (κ1) is 18.9. The molecule has 1 fully saturated rings. The number of carbonyl (C=O) groups excluding carboxylic acids is 2. The predicted molar refractivity (Wildman–Crippen MR) is 107 cm³/mol. The van der Waals surface area contributed by atoms with E-state index in [1.54, 1.807) is 35.4 Å². The minimum absolute atomic E-state index is 0.164. The van der Waals surface area contributed by atoms with Gasteiger partial charge in [-0.15, -0.1) is 0 Å². The summed E-state index contributed by atoms with van der Waals surface area (Å²) in [5.41, 5.74) is 1.86. The van der Waals surface area contributed by atoms with Crippen molar-refractivity contribution in [2.45, 2.75) is 25.4 Å². The molecule has 1 amide bonds. The Morgan fingerprint density at radius 2 is 1.69 bits per heavy atom. The van der Waals surface area contributed by atoms with E-state index >= 15 is 0 Å². The summed E-state index contributed by atoms with van der Waals surface area (Å²) in [6.07, 6.45) is 5.09. The Kier molecular flexibility index (Phi) is 5.70. The van der Waals surface area contributed by atoms with Gasteiger partial charge in [0.2, 0.25) is 6.10 Å². The maximum atomic E-state index is 13.1. The van der Waals surface area contributed by atoms with Gasteiger partial charge in [-0.25, -0.2) is 9.78 Å². The molecule has 1 unspecified atom stereocenters. The van der Waals surface area contributed by atoms with E-state index < -0.39 is 12.1 Å². The number of hydrogen-bond donors (Lipinski definition) is 0. The minimum Gasteiger partial charge on any atom is -0.444 e. The highest BCUT2D eigenvalue weighted by molar-refractivity contribution is 5.93. The van der Waals surface area contributed by atoms with Gasteiger partial charge in [0, 0.05) is 24.2 Å². The van der Waals surface area contributed by atoms with Crippen molar-refractivity contribution in [1.29, 1.82) is 0 Å². The number of carbonyl (C=O) groups is 2. The van der Waals surface area contributed by atoms with E-state index in [9.17, 15) is 9.59 Å². The molecule has 29 heavy (non-hydrogen) atoms. The van der Waals surface area contributed by atoms with Crippen molar-refractivity contribution in [3.8, 4) is 11.3 Å². The molecule has 1 aromatic heterocycles. The van der Waals surface area contributed by atoms with Crippen LogP contribution < -0.4 is 0 Å². The summed E-state index contributed by atoms with van der Waals surface area (Å²) in [6, 6.07) is 16.0. The molecular weight excluding hydrogens is 368 g/mol. The van der Waals surface area contributed by atoms with Gasteiger partial charge in [-0.05, 0) is 31.4 Å². The molecule has 0 radical (unpaired) electrons. The summed E-state index contributed by atoms with van der Waals surface area (Å²) >= 11 is 0. The van der Waals surface area contributed by atoms with Crippen LogP contribution >= 0.6 is 0 Å². The molecule has 1 saturated heterocycles. The molecule has 6 heteroatoms. The fraction of sp³-hybridized carbons (Fsp3) is 0.261. The summed E-state index contributed by atoms with van der Waals surface area (Å²) < 4.78 is 11.0. The second-order valence-corrected chi connectivity index (χ2v) is 7.03. The molecule has 1 aliphatic rings. The van der Waals surface area contributed by atoms with Gasteiger partial charge in [0.05, 0.1) is 11.8 Å². The van der Waals surface area contributed by atoms with Crippen LogP contribution in [0.15, 0.2) is 71.6 Å². The quantitative estimate of drug-likeness (QED) is 0.609. The molecule has 3 aromatic rings. The topological polar surface area (TPSA) is 72.6 Å². The Morgan fingerprint density at radius 3 is 2.34 bits per heavy atom. The van der Waals surface area contributed by atoms with Crippen molar-refractivity contribution in [2.75, 3.05) is 13.1 Å². The first-order valence-electron chi connectivity index (χ1n) is 9.76. The third-order valence-electron chi connectivity index (χ3n) is 5.06. The Bertz CT molecular complexity index is 946. The van der Waals surface area contributed by atoms with Crippen LogP contribution in [0.2, 0.25) is 0 Å². The summed E-state index contributed by atoms with van der Waals surface area (Å²) in [5.74, 6) is -0.0804. The lowest BCUT2D eigenvalue weighted by molar-refractivity contribution is -0.142. The van der Waals surface area contributed by atoms with E-state index in [-0.39, 0.29) is 5.91 Å². The van der Waals surface area contributed by atoms with Crippen LogP contribution in [-0.4, -0.2) is 34.8 Å². The molecule has 1 atom stereocenters. The van der Waals surface area contributed by atoms with Gasteiger partial charge in [0.25, 0.3) is 5.91 Å². The van der Waals surface area contributed by atoms with Gasteiger partial charge in [-0.1, -0.05) is 42.5 Å². The summed E-state index contributed by atoms with van der Waals surface area (Å²) in [5, 5.41) is 0. The van der Waals surface area contributed by atoms with Gasteiger partial charge in [-0.2, -0.15) is 0 Å². The number of nitrogens with zero attached hydrogens (tertiary/aromatic N) is 2. The lowest BCUT2D eigenvalue weighted by atomic mass is 10.1. The molecule has 148 valence electrons. The van der Waals surface area contributed by atoms with Crippen molar-refractivity contribution < 1.29 is 18.7 Å². The first-order chi connectivity index (χ1) is 14.2. The van der Waals surface area contributed by atoms with E-state index in [1.165, 1.54) is 6.39 Å². The zero-order valence-electron chi connectivity index (χ0n) is 16.0. The number of piperidine rings is 1. The average Bonchev–Trinajstić information content (AvgIpc) is 3.33. The highest BCUT2D eigenvalue weighted by Crippen LogP contribution is 2.25. The molecule has 4 rings (SSSR count). The van der Waals surface area contributed by atoms with Crippen LogP contribution in [0.3, 0.4) is 0 Å². The number of amides is 1. The Labute approximate surface area is 169 Å². The van der Waals surface area contributed by atoms with Crippen molar-refractivity contribution in [2.24, 2.45) is 0 Å². The molecular formula is C23H22N2O4. The molecule has 0 aliphatic carbocycles. The smallest absolute Gasteiger partial charge is 0.339 e. The number of aromatic nitrogens is 1. The molecule has 2 aromatic carbocycles. The van der Waals surface area contributed by atoms with Crippen LogP contribution in [0, 0.1) is 0 Å². The Hall–Kier alpha value is -3.41. The van der Waals surface area contributed by atoms with E-state index in [0.29, 0.717) is 30.0 Å². The van der Waals surface area contributed by atoms with Gasteiger partial charge < -0.3 is 14.1 Å². The number of likely N-dealkylation sites (tertiary alicyclic amines) is 1. The normalized spacial score (nSPS) is 15.0. The second kappa shape index (κ2) is 8.73. The molecule has 2 heterocycles. The number of rotatable bonds is 5. The maximum Gasteiger partial charge on any atom is 0.339 e.